The highest BCUT2D eigenvalue weighted by Gasteiger charge is 2.22. The number of halogens is 1. The van der Waals surface area contributed by atoms with E-state index in [1.807, 2.05) is 17.9 Å². The molecular weight excluding hydrogens is 376 g/mol. The first-order chi connectivity index (χ1) is 13.2. The normalized spacial score (nSPS) is 19.4. The molecule has 7 nitrogen and oxygen atoms in total. The molecule has 0 bridgehead atoms. The predicted octanol–water partition coefficient (Wildman–Crippen LogP) is 2.42. The van der Waals surface area contributed by atoms with E-state index in [1.165, 1.54) is 36.9 Å². The molecule has 2 aromatic rings. The lowest BCUT2D eigenvalue weighted by molar-refractivity contribution is -0.131. The van der Waals surface area contributed by atoms with Crippen LogP contribution in [0.1, 0.15) is 60.7 Å². The smallest absolute Gasteiger partial charge is 0.244 e. The third-order valence-electron chi connectivity index (χ3n) is 5.95. The molecule has 2 N–H and O–H groups in total. The van der Waals surface area contributed by atoms with Crippen LogP contribution in [0, 0.1) is 0 Å². The lowest BCUT2D eigenvalue weighted by Crippen LogP contribution is -2.33. The molecule has 3 heterocycles. The van der Waals surface area contributed by atoms with Crippen LogP contribution in [0.25, 0.3) is 0 Å². The zero-order valence-electron chi connectivity index (χ0n) is 16.6. The summed E-state index contributed by atoms with van der Waals surface area (Å²) >= 11 is 0. The van der Waals surface area contributed by atoms with E-state index in [1.54, 1.807) is 4.90 Å². The van der Waals surface area contributed by atoms with E-state index >= 15 is 0 Å². The molecule has 1 aliphatic carbocycles. The van der Waals surface area contributed by atoms with Gasteiger partial charge in [0.05, 0.1) is 12.2 Å². The van der Waals surface area contributed by atoms with Crippen LogP contribution in [0.5, 0.6) is 0 Å². The van der Waals surface area contributed by atoms with Gasteiger partial charge in [0.15, 0.2) is 0 Å². The minimum Gasteiger partial charge on any atom is -0.338 e. The molecule has 1 atom stereocenters. The van der Waals surface area contributed by atoms with Gasteiger partial charge in [0.1, 0.15) is 6.54 Å². The van der Waals surface area contributed by atoms with Gasteiger partial charge < -0.3 is 10.2 Å². The molecule has 154 valence electrons. The first-order valence-electron chi connectivity index (χ1n) is 10.2. The third kappa shape index (κ3) is 4.58. The van der Waals surface area contributed by atoms with E-state index in [9.17, 15) is 4.79 Å². The van der Waals surface area contributed by atoms with Crippen molar-refractivity contribution in [3.8, 4) is 0 Å². The van der Waals surface area contributed by atoms with Crippen LogP contribution >= 0.6 is 12.4 Å². The van der Waals surface area contributed by atoms with Gasteiger partial charge in [-0.3, -0.25) is 14.6 Å². The lowest BCUT2D eigenvalue weighted by atomic mass is 9.96. The number of H-pyrrole nitrogens is 1. The first kappa shape index (κ1) is 20.9. The van der Waals surface area contributed by atoms with Crippen LogP contribution in [0.4, 0.5) is 0 Å². The van der Waals surface area contributed by atoms with Gasteiger partial charge in [-0.2, -0.15) is 10.2 Å². The predicted molar refractivity (Wildman–Crippen MR) is 111 cm³/mol. The van der Waals surface area contributed by atoms with Crippen molar-refractivity contribution in [3.05, 3.63) is 34.9 Å². The minimum absolute atomic E-state index is 0. The lowest BCUT2D eigenvalue weighted by Gasteiger charge is -2.24. The van der Waals surface area contributed by atoms with Crippen LogP contribution in [-0.4, -0.2) is 50.9 Å². The summed E-state index contributed by atoms with van der Waals surface area (Å²) in [5.41, 5.74) is 4.79. The number of piperidine rings is 1. The summed E-state index contributed by atoms with van der Waals surface area (Å²) in [7, 11) is 1.87. The van der Waals surface area contributed by atoms with Crippen molar-refractivity contribution in [2.45, 2.75) is 64.0 Å². The Morgan fingerprint density at radius 2 is 2.14 bits per heavy atom. The van der Waals surface area contributed by atoms with Crippen LogP contribution in [0.15, 0.2) is 12.3 Å². The molecule has 0 saturated carbocycles. The fraction of sp³-hybridized carbons (Fsp3) is 0.650. The molecule has 2 aliphatic rings. The second-order valence-corrected chi connectivity index (χ2v) is 7.89. The van der Waals surface area contributed by atoms with Gasteiger partial charge >= 0.3 is 0 Å². The molecule has 0 spiro atoms. The molecule has 0 radical (unpaired) electrons. The van der Waals surface area contributed by atoms with Gasteiger partial charge in [0, 0.05) is 37.1 Å². The molecule has 4 rings (SSSR count). The van der Waals surface area contributed by atoms with E-state index in [0.29, 0.717) is 19.0 Å². The number of rotatable bonds is 5. The molecule has 1 amide bonds. The van der Waals surface area contributed by atoms with E-state index in [-0.39, 0.29) is 18.3 Å². The number of carbonyl (C=O) groups is 1. The van der Waals surface area contributed by atoms with E-state index in [0.717, 1.165) is 43.7 Å². The second-order valence-electron chi connectivity index (χ2n) is 7.89. The summed E-state index contributed by atoms with van der Waals surface area (Å²) in [6, 6.07) is 2.05. The van der Waals surface area contributed by atoms with Crippen molar-refractivity contribution in [2.24, 2.45) is 0 Å². The van der Waals surface area contributed by atoms with Crippen molar-refractivity contribution in [3.63, 3.8) is 0 Å². The van der Waals surface area contributed by atoms with Gasteiger partial charge in [-0.1, -0.05) is 6.42 Å². The molecule has 8 heteroatoms. The van der Waals surface area contributed by atoms with Gasteiger partial charge in [-0.25, -0.2) is 0 Å². The molecule has 1 fully saturated rings. The molecular formula is C20H31ClN6O. The van der Waals surface area contributed by atoms with Gasteiger partial charge in [0.2, 0.25) is 5.91 Å². The van der Waals surface area contributed by atoms with Crippen molar-refractivity contribution < 1.29 is 4.79 Å². The highest BCUT2D eigenvalue weighted by molar-refractivity contribution is 5.85. The standard InChI is InChI=1S/C20H30N6O.ClH/c1-25(13-18-16-7-3-2-4-8-17(16)23-24-18)20(27)14-26-19(9-11-22-26)15-6-5-10-21-12-15;/h9,11,15,21H,2-8,10,12-14H2,1H3,(H,23,24);1H. The maximum Gasteiger partial charge on any atom is 0.244 e. The first-order valence-corrected chi connectivity index (χ1v) is 10.2. The molecule has 1 saturated heterocycles. The monoisotopic (exact) mass is 406 g/mol. The van der Waals surface area contributed by atoms with Gasteiger partial charge in [-0.05, 0) is 56.7 Å². The van der Waals surface area contributed by atoms with Crippen molar-refractivity contribution >= 4 is 18.3 Å². The number of nitrogens with one attached hydrogen (secondary N) is 2. The average molecular weight is 407 g/mol. The van der Waals surface area contributed by atoms with Crippen LogP contribution in [0.3, 0.4) is 0 Å². The van der Waals surface area contributed by atoms with Crippen molar-refractivity contribution in [2.75, 3.05) is 20.1 Å². The highest BCUT2D eigenvalue weighted by atomic mass is 35.5. The Kier molecular flexibility index (Phi) is 7.13. The molecule has 0 aromatic carbocycles. The average Bonchev–Trinajstić information content (AvgIpc) is 3.22. The van der Waals surface area contributed by atoms with Crippen LogP contribution < -0.4 is 5.32 Å². The fourth-order valence-electron chi connectivity index (χ4n) is 4.34. The molecule has 2 aromatic heterocycles. The Balaban J connectivity index is 0.00000225. The Morgan fingerprint density at radius 3 is 2.96 bits per heavy atom. The Hall–Kier alpha value is -1.86. The number of hydrogen-bond acceptors (Lipinski definition) is 4. The second kappa shape index (κ2) is 9.56. The number of aromatic nitrogens is 4. The topological polar surface area (TPSA) is 78.8 Å². The van der Waals surface area contributed by atoms with E-state index < -0.39 is 0 Å². The van der Waals surface area contributed by atoms with Crippen LogP contribution in [0.2, 0.25) is 0 Å². The van der Waals surface area contributed by atoms with Crippen molar-refractivity contribution in [1.29, 1.82) is 0 Å². The highest BCUT2D eigenvalue weighted by Crippen LogP contribution is 2.24. The number of hydrogen-bond donors (Lipinski definition) is 2. The summed E-state index contributed by atoms with van der Waals surface area (Å²) in [4.78, 5) is 14.6. The number of amides is 1. The summed E-state index contributed by atoms with van der Waals surface area (Å²) < 4.78 is 1.88. The summed E-state index contributed by atoms with van der Waals surface area (Å²) in [6.45, 7) is 2.91. The zero-order valence-corrected chi connectivity index (χ0v) is 17.4. The Labute approximate surface area is 172 Å². The number of carbonyl (C=O) groups excluding carboxylic acids is 1. The molecule has 1 unspecified atom stereocenters. The Morgan fingerprint density at radius 1 is 1.29 bits per heavy atom. The zero-order chi connectivity index (χ0) is 18.6. The molecule has 1 aliphatic heterocycles. The number of fused-ring (bicyclic) bond motifs is 1. The Bertz CT molecular complexity index is 780. The summed E-state index contributed by atoms with van der Waals surface area (Å²) in [5, 5.41) is 15.6. The molecule has 28 heavy (non-hydrogen) atoms. The number of aryl methyl sites for hydroxylation is 1. The number of likely N-dealkylation sites (N-methyl/N-ethyl adjacent to an activating group) is 1. The largest absolute Gasteiger partial charge is 0.338 e. The van der Waals surface area contributed by atoms with Gasteiger partial charge in [-0.15, -0.1) is 12.4 Å². The van der Waals surface area contributed by atoms with E-state index in [4.69, 9.17) is 0 Å². The van der Waals surface area contributed by atoms with Crippen LogP contribution in [-0.2, 0) is 30.7 Å². The number of nitrogens with zero attached hydrogens (tertiary/aromatic N) is 4. The quantitative estimate of drug-likeness (QED) is 0.747. The number of aromatic amines is 1. The van der Waals surface area contributed by atoms with E-state index in [2.05, 4.69) is 26.7 Å². The summed E-state index contributed by atoms with van der Waals surface area (Å²) in [6.07, 6.45) is 9.99. The SMILES string of the molecule is CN(Cc1n[nH]c2c1CCCCC2)C(=O)Cn1nccc1C1CCCNC1.Cl. The third-order valence-corrected chi connectivity index (χ3v) is 5.95. The van der Waals surface area contributed by atoms with Gasteiger partial charge in [0.25, 0.3) is 0 Å². The fourth-order valence-corrected chi connectivity index (χ4v) is 4.34. The maximum atomic E-state index is 12.8. The summed E-state index contributed by atoms with van der Waals surface area (Å²) in [5.74, 6) is 0.524. The van der Waals surface area contributed by atoms with Crippen molar-refractivity contribution in [1.82, 2.24) is 30.2 Å². The minimum atomic E-state index is 0. The maximum absolute atomic E-state index is 12.8.